The highest BCUT2D eigenvalue weighted by Crippen LogP contribution is 2.48. The number of anilines is 1. The van der Waals surface area contributed by atoms with Gasteiger partial charge in [-0.2, -0.15) is 0 Å². The number of halogens is 1. The smallest absolute Gasteiger partial charge is 0.258 e. The molecule has 1 heterocycles. The number of fused-ring (bicyclic) bond motifs is 1. The molecule has 0 unspecified atom stereocenters. The lowest BCUT2D eigenvalue weighted by atomic mass is 9.79. The number of carbonyl (C=O) groups is 1. The van der Waals surface area contributed by atoms with E-state index in [4.69, 9.17) is 16.3 Å². The number of benzene rings is 2. The van der Waals surface area contributed by atoms with E-state index >= 15 is 0 Å². The highest BCUT2D eigenvalue weighted by Gasteiger charge is 2.41. The maximum atomic E-state index is 13.3. The van der Waals surface area contributed by atoms with E-state index in [-0.39, 0.29) is 11.4 Å². The third kappa shape index (κ3) is 2.78. The Morgan fingerprint density at radius 2 is 1.96 bits per heavy atom. The van der Waals surface area contributed by atoms with Crippen molar-refractivity contribution in [1.29, 1.82) is 0 Å². The number of hydrogen-bond acceptors (Lipinski definition) is 2. The van der Waals surface area contributed by atoms with Crippen LogP contribution in [-0.2, 0) is 0 Å². The van der Waals surface area contributed by atoms with Crippen LogP contribution in [0.25, 0.3) is 0 Å². The maximum absolute atomic E-state index is 13.3. The number of hydrogen-bond donors (Lipinski definition) is 0. The van der Waals surface area contributed by atoms with Crippen LogP contribution in [0, 0.1) is 0 Å². The SMILES string of the molecule is COc1cccc2c1N(C(=O)c1cccc(Cl)c1)C(C)(C)C[C@H]2C. The minimum Gasteiger partial charge on any atom is -0.495 e. The molecule has 4 heteroatoms. The Hall–Kier alpha value is -2.00. The summed E-state index contributed by atoms with van der Waals surface area (Å²) >= 11 is 6.09. The van der Waals surface area contributed by atoms with Gasteiger partial charge in [-0.25, -0.2) is 0 Å². The fourth-order valence-corrected chi connectivity index (χ4v) is 3.91. The van der Waals surface area contributed by atoms with Crippen LogP contribution in [0.1, 0.15) is 49.0 Å². The first kappa shape index (κ1) is 16.8. The van der Waals surface area contributed by atoms with E-state index in [2.05, 4.69) is 26.8 Å². The number of ether oxygens (including phenoxy) is 1. The number of methoxy groups -OCH3 is 1. The summed E-state index contributed by atoms with van der Waals surface area (Å²) in [6, 6.07) is 13.1. The lowest BCUT2D eigenvalue weighted by Gasteiger charge is -2.46. The first-order valence-corrected chi connectivity index (χ1v) is 8.50. The summed E-state index contributed by atoms with van der Waals surface area (Å²) in [5.74, 6) is 1.02. The van der Waals surface area contributed by atoms with Crippen molar-refractivity contribution in [1.82, 2.24) is 0 Å². The van der Waals surface area contributed by atoms with Crippen LogP contribution in [0.2, 0.25) is 5.02 Å². The molecule has 0 saturated carbocycles. The van der Waals surface area contributed by atoms with Gasteiger partial charge in [0.15, 0.2) is 0 Å². The summed E-state index contributed by atoms with van der Waals surface area (Å²) in [5.41, 5.74) is 2.28. The summed E-state index contributed by atoms with van der Waals surface area (Å²) in [6.45, 7) is 6.39. The molecule has 0 saturated heterocycles. The molecule has 126 valence electrons. The van der Waals surface area contributed by atoms with Gasteiger partial charge in [-0.3, -0.25) is 9.69 Å². The van der Waals surface area contributed by atoms with E-state index in [9.17, 15) is 4.79 Å². The van der Waals surface area contributed by atoms with Crippen LogP contribution in [-0.4, -0.2) is 18.6 Å². The Morgan fingerprint density at radius 3 is 2.62 bits per heavy atom. The first-order valence-electron chi connectivity index (χ1n) is 8.12. The zero-order chi connectivity index (χ0) is 17.5. The van der Waals surface area contributed by atoms with Crippen LogP contribution in [0.5, 0.6) is 5.75 Å². The minimum absolute atomic E-state index is 0.0554. The molecule has 0 N–H and O–H groups in total. The van der Waals surface area contributed by atoms with Gasteiger partial charge >= 0.3 is 0 Å². The highest BCUT2D eigenvalue weighted by atomic mass is 35.5. The van der Waals surface area contributed by atoms with Gasteiger partial charge in [-0.05, 0) is 56.0 Å². The quantitative estimate of drug-likeness (QED) is 0.742. The van der Waals surface area contributed by atoms with Crippen LogP contribution in [0.3, 0.4) is 0 Å². The molecule has 0 aliphatic carbocycles. The van der Waals surface area contributed by atoms with Crippen LogP contribution in [0.4, 0.5) is 5.69 Å². The lowest BCUT2D eigenvalue weighted by molar-refractivity contribution is 0.0952. The topological polar surface area (TPSA) is 29.5 Å². The van der Waals surface area contributed by atoms with Gasteiger partial charge in [0.25, 0.3) is 5.91 Å². The van der Waals surface area contributed by atoms with E-state index < -0.39 is 0 Å². The van der Waals surface area contributed by atoms with Gasteiger partial charge < -0.3 is 4.74 Å². The second-order valence-corrected chi connectivity index (χ2v) is 7.40. The normalized spacial score (nSPS) is 18.9. The predicted molar refractivity (Wildman–Crippen MR) is 98.4 cm³/mol. The summed E-state index contributed by atoms with van der Waals surface area (Å²) in [5, 5.41) is 0.560. The Bertz CT molecular complexity index is 785. The number of para-hydroxylation sites is 1. The second-order valence-electron chi connectivity index (χ2n) is 6.97. The first-order chi connectivity index (χ1) is 11.3. The van der Waals surface area contributed by atoms with E-state index in [1.165, 1.54) is 0 Å². The summed E-state index contributed by atoms with van der Waals surface area (Å²) in [7, 11) is 1.64. The second kappa shape index (κ2) is 6.14. The number of amides is 1. The zero-order valence-electron chi connectivity index (χ0n) is 14.5. The summed E-state index contributed by atoms with van der Waals surface area (Å²) < 4.78 is 5.57. The Kier molecular flexibility index (Phi) is 4.31. The monoisotopic (exact) mass is 343 g/mol. The van der Waals surface area contributed by atoms with Crippen LogP contribution in [0.15, 0.2) is 42.5 Å². The fraction of sp³-hybridized carbons (Fsp3) is 0.350. The molecule has 1 atom stereocenters. The maximum Gasteiger partial charge on any atom is 0.258 e. The van der Waals surface area contributed by atoms with Crippen LogP contribution >= 0.6 is 11.6 Å². The highest BCUT2D eigenvalue weighted by molar-refractivity contribution is 6.31. The Balaban J connectivity index is 2.19. The van der Waals surface area contributed by atoms with Gasteiger partial charge in [-0.1, -0.05) is 36.7 Å². The van der Waals surface area contributed by atoms with Crippen molar-refractivity contribution >= 4 is 23.2 Å². The van der Waals surface area contributed by atoms with E-state index in [1.54, 1.807) is 31.4 Å². The molecule has 0 bridgehead atoms. The molecular weight excluding hydrogens is 322 g/mol. The third-order valence-electron chi connectivity index (χ3n) is 4.69. The molecule has 3 rings (SSSR count). The Morgan fingerprint density at radius 1 is 1.25 bits per heavy atom. The molecule has 1 aliphatic rings. The van der Waals surface area contributed by atoms with Crippen molar-refractivity contribution < 1.29 is 9.53 Å². The van der Waals surface area contributed by atoms with Crippen molar-refractivity contribution in [3.8, 4) is 5.75 Å². The largest absolute Gasteiger partial charge is 0.495 e. The van der Waals surface area contributed by atoms with Gasteiger partial charge in [-0.15, -0.1) is 0 Å². The molecular formula is C20H22ClNO2. The minimum atomic E-state index is -0.319. The van der Waals surface area contributed by atoms with Crippen molar-refractivity contribution in [3.63, 3.8) is 0 Å². The van der Waals surface area contributed by atoms with Crippen molar-refractivity contribution in [3.05, 3.63) is 58.6 Å². The van der Waals surface area contributed by atoms with Gasteiger partial charge in [0, 0.05) is 16.1 Å². The lowest BCUT2D eigenvalue weighted by Crippen LogP contribution is -2.51. The van der Waals surface area contributed by atoms with Crippen molar-refractivity contribution in [2.24, 2.45) is 0 Å². The number of rotatable bonds is 2. The molecule has 0 aromatic heterocycles. The molecule has 2 aromatic carbocycles. The fourth-order valence-electron chi connectivity index (χ4n) is 3.72. The molecule has 0 fully saturated rings. The molecule has 24 heavy (non-hydrogen) atoms. The van der Waals surface area contributed by atoms with Crippen molar-refractivity contribution in [2.75, 3.05) is 12.0 Å². The van der Waals surface area contributed by atoms with Crippen LogP contribution < -0.4 is 9.64 Å². The van der Waals surface area contributed by atoms with E-state index in [0.29, 0.717) is 16.5 Å². The standard InChI is InChI=1S/C20H22ClNO2/c1-13-12-20(2,3)22(18-16(13)9-6-10-17(18)24-4)19(23)14-7-5-8-15(21)11-14/h5-11,13H,12H2,1-4H3/t13-/m1/s1. The average Bonchev–Trinajstić information content (AvgIpc) is 2.53. The molecule has 3 nitrogen and oxygen atoms in total. The van der Waals surface area contributed by atoms with Gasteiger partial charge in [0.2, 0.25) is 0 Å². The predicted octanol–water partition coefficient (Wildman–Crippen LogP) is 5.28. The zero-order valence-corrected chi connectivity index (χ0v) is 15.2. The summed E-state index contributed by atoms with van der Waals surface area (Å²) in [6.07, 6.45) is 0.888. The van der Waals surface area contributed by atoms with Gasteiger partial charge in [0.05, 0.1) is 12.8 Å². The Labute approximate surface area is 148 Å². The number of carbonyl (C=O) groups excluding carboxylic acids is 1. The van der Waals surface area contributed by atoms with E-state index in [0.717, 1.165) is 23.4 Å². The average molecular weight is 344 g/mol. The van der Waals surface area contributed by atoms with Crippen molar-refractivity contribution in [2.45, 2.75) is 38.6 Å². The third-order valence-corrected chi connectivity index (χ3v) is 4.93. The van der Waals surface area contributed by atoms with Gasteiger partial charge in [0.1, 0.15) is 5.75 Å². The molecule has 1 amide bonds. The molecule has 0 spiro atoms. The molecule has 0 radical (unpaired) electrons. The molecule has 1 aliphatic heterocycles. The molecule has 2 aromatic rings. The number of nitrogens with zero attached hydrogens (tertiary/aromatic N) is 1. The summed E-state index contributed by atoms with van der Waals surface area (Å²) in [4.78, 5) is 15.2. The van der Waals surface area contributed by atoms with E-state index in [1.807, 2.05) is 17.0 Å².